The summed E-state index contributed by atoms with van der Waals surface area (Å²) in [4.78, 5) is 18.3. The fourth-order valence-corrected chi connectivity index (χ4v) is 4.56. The fraction of sp³-hybridized carbons (Fsp3) is 0.333. The van der Waals surface area contributed by atoms with Crippen LogP contribution in [0.1, 0.15) is 23.9 Å². The summed E-state index contributed by atoms with van der Waals surface area (Å²) in [6.07, 6.45) is 0. The molecule has 0 radical (unpaired) electrons. The van der Waals surface area contributed by atoms with E-state index in [2.05, 4.69) is 43.4 Å². The van der Waals surface area contributed by atoms with Crippen LogP contribution >= 0.6 is 23.8 Å². The van der Waals surface area contributed by atoms with Gasteiger partial charge in [0.1, 0.15) is 5.75 Å². The third kappa shape index (κ3) is 7.30. The number of aliphatic imine (C=N–C) groups is 1. The number of aryl methyl sites for hydroxylation is 3. The van der Waals surface area contributed by atoms with Gasteiger partial charge in [0.05, 0.1) is 6.61 Å². The van der Waals surface area contributed by atoms with Gasteiger partial charge < -0.3 is 19.9 Å². The Morgan fingerprint density at radius 3 is 2.30 bits per heavy atom. The van der Waals surface area contributed by atoms with Gasteiger partial charge in [0.15, 0.2) is 0 Å². The van der Waals surface area contributed by atoms with Crippen LogP contribution < -0.4 is 20.3 Å². The summed E-state index contributed by atoms with van der Waals surface area (Å²) in [5, 5.41) is 7.59. The topological polar surface area (TPSA) is 77.9 Å². The molecule has 194 valence electrons. The summed E-state index contributed by atoms with van der Waals surface area (Å²) >= 11 is 11.9. The maximum Gasteiger partial charge on any atom is 0.229 e. The van der Waals surface area contributed by atoms with E-state index in [0.29, 0.717) is 23.6 Å². The van der Waals surface area contributed by atoms with Gasteiger partial charge in [-0.15, -0.1) is 0 Å². The Kier molecular flexibility index (Phi) is 8.78. The van der Waals surface area contributed by atoms with Crippen molar-refractivity contribution >= 4 is 52.2 Å². The first-order chi connectivity index (χ1) is 17.8. The largest absolute Gasteiger partial charge is 0.494 e. The molecule has 0 spiro atoms. The molecule has 1 aromatic heterocycles. The fourth-order valence-electron chi connectivity index (χ4n) is 4.19. The number of thiocarbonyl (C=S) groups is 1. The maximum atomic E-state index is 6.27. The number of anilines is 3. The van der Waals surface area contributed by atoms with Crippen molar-refractivity contribution in [1.29, 1.82) is 0 Å². The third-order valence-electron chi connectivity index (χ3n) is 5.92. The first kappa shape index (κ1) is 26.6. The van der Waals surface area contributed by atoms with Crippen LogP contribution in [0.3, 0.4) is 0 Å². The molecule has 2 N–H and O–H groups in total. The smallest absolute Gasteiger partial charge is 0.229 e. The number of hydrogen-bond donors (Lipinski definition) is 2. The molecule has 1 aliphatic heterocycles. The maximum absolute atomic E-state index is 6.27. The Bertz CT molecular complexity index is 1250. The van der Waals surface area contributed by atoms with Crippen molar-refractivity contribution in [2.24, 2.45) is 4.99 Å². The number of benzene rings is 2. The number of guanidine groups is 1. The minimum atomic E-state index is 0.337. The van der Waals surface area contributed by atoms with Crippen molar-refractivity contribution in [3.63, 3.8) is 0 Å². The number of aromatic nitrogens is 2. The Labute approximate surface area is 228 Å². The second-order valence-electron chi connectivity index (χ2n) is 8.83. The monoisotopic (exact) mass is 537 g/mol. The van der Waals surface area contributed by atoms with Crippen molar-refractivity contribution in [3.05, 3.63) is 70.5 Å². The molecule has 3 aromatic rings. The second-order valence-corrected chi connectivity index (χ2v) is 9.65. The Morgan fingerprint density at radius 1 is 0.973 bits per heavy atom. The Morgan fingerprint density at radius 2 is 1.65 bits per heavy atom. The number of nitrogens with zero attached hydrogens (tertiary/aromatic N) is 5. The number of piperazine rings is 1. The zero-order chi connectivity index (χ0) is 26.4. The lowest BCUT2D eigenvalue weighted by atomic mass is 10.1. The van der Waals surface area contributed by atoms with Gasteiger partial charge in [-0.2, -0.15) is 4.99 Å². The van der Waals surface area contributed by atoms with Crippen molar-refractivity contribution in [2.75, 3.05) is 48.3 Å². The molecule has 1 fully saturated rings. The second kappa shape index (κ2) is 12.2. The molecule has 0 amide bonds. The molecule has 0 atom stereocenters. The highest BCUT2D eigenvalue weighted by Gasteiger charge is 2.22. The van der Waals surface area contributed by atoms with Crippen LogP contribution in [-0.2, 0) is 0 Å². The first-order valence-corrected chi connectivity index (χ1v) is 13.1. The summed E-state index contributed by atoms with van der Waals surface area (Å²) < 4.78 is 5.52. The molecule has 0 unspecified atom stereocenters. The van der Waals surface area contributed by atoms with Crippen LogP contribution in [0.25, 0.3) is 0 Å². The van der Waals surface area contributed by atoms with E-state index in [4.69, 9.17) is 33.5 Å². The van der Waals surface area contributed by atoms with Gasteiger partial charge in [-0.1, -0.05) is 17.7 Å². The van der Waals surface area contributed by atoms with Crippen molar-refractivity contribution in [2.45, 2.75) is 27.7 Å². The van der Waals surface area contributed by atoms with E-state index in [1.807, 2.05) is 63.2 Å². The lowest BCUT2D eigenvalue weighted by Crippen LogP contribution is -2.51. The number of rotatable bonds is 5. The summed E-state index contributed by atoms with van der Waals surface area (Å²) in [5.41, 5.74) is 4.95. The molecule has 8 nitrogen and oxygen atoms in total. The SMILES string of the molecule is CCOc1ccc(NC(=S)/N=C(/Nc2nc(C)cc(C)n2)N2CCN(c3cc(Cl)ccc3C)CC2)cc1. The summed E-state index contributed by atoms with van der Waals surface area (Å²) in [6, 6.07) is 15.6. The van der Waals surface area contributed by atoms with E-state index in [0.717, 1.165) is 59.7 Å². The van der Waals surface area contributed by atoms with E-state index in [-0.39, 0.29) is 0 Å². The van der Waals surface area contributed by atoms with Gasteiger partial charge in [0.2, 0.25) is 17.0 Å². The van der Waals surface area contributed by atoms with Crippen molar-refractivity contribution < 1.29 is 4.74 Å². The lowest BCUT2D eigenvalue weighted by molar-refractivity contribution is 0.340. The highest BCUT2D eigenvalue weighted by atomic mass is 35.5. The number of hydrogen-bond acceptors (Lipinski definition) is 5. The van der Waals surface area contributed by atoms with Crippen LogP contribution in [0.5, 0.6) is 5.75 Å². The van der Waals surface area contributed by atoms with E-state index in [1.54, 1.807) is 0 Å². The molecule has 37 heavy (non-hydrogen) atoms. The van der Waals surface area contributed by atoms with E-state index >= 15 is 0 Å². The molecule has 2 aromatic carbocycles. The van der Waals surface area contributed by atoms with Crippen LogP contribution in [0.15, 0.2) is 53.5 Å². The van der Waals surface area contributed by atoms with E-state index < -0.39 is 0 Å². The molecule has 1 aliphatic rings. The quantitative estimate of drug-likeness (QED) is 0.253. The third-order valence-corrected chi connectivity index (χ3v) is 6.35. The normalized spacial score (nSPS) is 13.9. The van der Waals surface area contributed by atoms with Gasteiger partial charge in [-0.3, -0.25) is 5.32 Å². The molecule has 1 saturated heterocycles. The average molecular weight is 538 g/mol. The molecule has 2 heterocycles. The Balaban J connectivity index is 1.52. The number of ether oxygens (including phenoxy) is 1. The van der Waals surface area contributed by atoms with Crippen molar-refractivity contribution in [3.8, 4) is 5.75 Å². The van der Waals surface area contributed by atoms with Crippen LogP contribution in [0, 0.1) is 20.8 Å². The van der Waals surface area contributed by atoms with Crippen LogP contribution in [-0.4, -0.2) is 58.7 Å². The van der Waals surface area contributed by atoms with E-state index in [9.17, 15) is 0 Å². The van der Waals surface area contributed by atoms with Gasteiger partial charge in [-0.25, -0.2) is 9.97 Å². The lowest BCUT2D eigenvalue weighted by Gasteiger charge is -2.38. The minimum Gasteiger partial charge on any atom is -0.494 e. The summed E-state index contributed by atoms with van der Waals surface area (Å²) in [7, 11) is 0. The summed E-state index contributed by atoms with van der Waals surface area (Å²) in [5.74, 6) is 1.91. The van der Waals surface area contributed by atoms with Gasteiger partial charge in [-0.05, 0) is 87.9 Å². The number of nitrogens with one attached hydrogen (secondary N) is 2. The van der Waals surface area contributed by atoms with Gasteiger partial charge in [0, 0.05) is 54.0 Å². The molecular formula is C27H32ClN7OS. The predicted molar refractivity (Wildman–Crippen MR) is 156 cm³/mol. The van der Waals surface area contributed by atoms with Crippen LogP contribution in [0.4, 0.5) is 17.3 Å². The number of halogens is 1. The highest BCUT2D eigenvalue weighted by molar-refractivity contribution is 7.80. The molecule has 0 bridgehead atoms. The minimum absolute atomic E-state index is 0.337. The van der Waals surface area contributed by atoms with Gasteiger partial charge >= 0.3 is 0 Å². The molecular weight excluding hydrogens is 506 g/mol. The predicted octanol–water partition coefficient (Wildman–Crippen LogP) is 5.44. The van der Waals surface area contributed by atoms with E-state index in [1.165, 1.54) is 5.56 Å². The zero-order valence-corrected chi connectivity index (χ0v) is 23.2. The van der Waals surface area contributed by atoms with Crippen molar-refractivity contribution in [1.82, 2.24) is 14.9 Å². The highest BCUT2D eigenvalue weighted by Crippen LogP contribution is 2.25. The molecule has 4 rings (SSSR count). The standard InChI is InChI=1S/C27H32ClN7OS/c1-5-36-23-10-8-22(9-11-23)31-27(37)33-26(32-25-29-19(3)16-20(4)30-25)35-14-12-34(13-15-35)24-17-21(28)7-6-18(24)2/h6-11,16-17H,5,12-15H2,1-4H3,(H2,29,30,31,32,33,37). The zero-order valence-electron chi connectivity index (χ0n) is 21.6. The van der Waals surface area contributed by atoms with Crippen LogP contribution in [0.2, 0.25) is 5.02 Å². The average Bonchev–Trinajstić information content (AvgIpc) is 2.86. The van der Waals surface area contributed by atoms with Gasteiger partial charge in [0.25, 0.3) is 0 Å². The molecule has 10 heteroatoms. The first-order valence-electron chi connectivity index (χ1n) is 12.3. The Hall–Kier alpha value is -3.43. The molecule has 0 saturated carbocycles. The molecule has 0 aliphatic carbocycles. The summed E-state index contributed by atoms with van der Waals surface area (Å²) in [6.45, 7) is 11.7.